The van der Waals surface area contributed by atoms with Gasteiger partial charge in [-0.1, -0.05) is 6.08 Å². The van der Waals surface area contributed by atoms with Gasteiger partial charge in [0.05, 0.1) is 0 Å². The fourth-order valence-electron chi connectivity index (χ4n) is 0.897. The zero-order valence-corrected chi connectivity index (χ0v) is 7.25. The predicted molar refractivity (Wildman–Crippen MR) is 47.7 cm³/mol. The topological polar surface area (TPSA) is 17.8 Å². The number of hydrogen-bond donors (Lipinski definition) is 0. The van der Waals surface area contributed by atoms with Gasteiger partial charge in [0.2, 0.25) is 0 Å². The van der Waals surface area contributed by atoms with E-state index in [0.717, 1.165) is 12.4 Å². The molecular weight excluding hydrogens is 160 g/mol. The molecule has 60 valence electrons. The van der Waals surface area contributed by atoms with Crippen LogP contribution in [0.1, 0.15) is 12.7 Å². The Kier molecular flexibility index (Phi) is 3.17. The summed E-state index contributed by atoms with van der Waals surface area (Å²) in [6.45, 7) is 3.03. The van der Waals surface area contributed by atoms with E-state index in [1.807, 2.05) is 18.3 Å². The highest BCUT2D eigenvalue weighted by molar-refractivity contribution is 6.19. The Balaban J connectivity index is 2.76. The number of halogens is 1. The van der Waals surface area contributed by atoms with E-state index < -0.39 is 0 Å². The summed E-state index contributed by atoms with van der Waals surface area (Å²) < 4.78 is 2.06. The van der Waals surface area contributed by atoms with Crippen LogP contribution in [0.2, 0.25) is 0 Å². The van der Waals surface area contributed by atoms with Crippen LogP contribution in [0.5, 0.6) is 0 Å². The molecule has 0 aliphatic rings. The van der Waals surface area contributed by atoms with E-state index in [2.05, 4.69) is 16.5 Å². The average molecular weight is 171 g/mol. The van der Waals surface area contributed by atoms with Crippen LogP contribution in [0, 0.1) is 0 Å². The standard InChI is InChI=1S/C8H11ClN2/c1-2-11-7-6-10-8(11)4-3-5-9/h3-4,6-7H,2,5H2,1H3. The Morgan fingerprint density at radius 1 is 1.73 bits per heavy atom. The van der Waals surface area contributed by atoms with Gasteiger partial charge in [-0.2, -0.15) is 0 Å². The number of allylic oxidation sites excluding steroid dienone is 1. The van der Waals surface area contributed by atoms with E-state index in [-0.39, 0.29) is 0 Å². The molecule has 0 saturated heterocycles. The molecule has 0 aromatic carbocycles. The van der Waals surface area contributed by atoms with Crippen molar-refractivity contribution >= 4 is 17.7 Å². The van der Waals surface area contributed by atoms with Crippen molar-refractivity contribution in [2.45, 2.75) is 13.5 Å². The Labute approximate surface area is 71.5 Å². The van der Waals surface area contributed by atoms with Crippen LogP contribution in [0.15, 0.2) is 18.5 Å². The lowest BCUT2D eigenvalue weighted by atomic mass is 10.5. The van der Waals surface area contributed by atoms with Gasteiger partial charge in [-0.05, 0) is 13.0 Å². The molecule has 0 aliphatic heterocycles. The van der Waals surface area contributed by atoms with Crippen LogP contribution in [0.4, 0.5) is 0 Å². The molecule has 0 N–H and O–H groups in total. The van der Waals surface area contributed by atoms with Crippen molar-refractivity contribution in [3.05, 3.63) is 24.3 Å². The molecule has 2 nitrogen and oxygen atoms in total. The van der Waals surface area contributed by atoms with Crippen LogP contribution in [-0.2, 0) is 6.54 Å². The molecule has 11 heavy (non-hydrogen) atoms. The summed E-state index contributed by atoms with van der Waals surface area (Å²) in [5.41, 5.74) is 0. The molecule has 1 rings (SSSR count). The second-order valence-corrected chi connectivity index (χ2v) is 2.44. The smallest absolute Gasteiger partial charge is 0.132 e. The van der Waals surface area contributed by atoms with Gasteiger partial charge in [-0.3, -0.25) is 0 Å². The third-order valence-corrected chi connectivity index (χ3v) is 1.62. The fourth-order valence-corrected chi connectivity index (χ4v) is 0.986. The van der Waals surface area contributed by atoms with Crippen molar-refractivity contribution < 1.29 is 0 Å². The molecule has 1 aromatic rings. The van der Waals surface area contributed by atoms with E-state index in [4.69, 9.17) is 11.6 Å². The number of hydrogen-bond acceptors (Lipinski definition) is 1. The second-order valence-electron chi connectivity index (χ2n) is 2.13. The quantitative estimate of drug-likeness (QED) is 0.636. The highest BCUT2D eigenvalue weighted by atomic mass is 35.5. The number of aromatic nitrogens is 2. The van der Waals surface area contributed by atoms with Gasteiger partial charge in [0.1, 0.15) is 5.82 Å². The second kappa shape index (κ2) is 4.19. The maximum Gasteiger partial charge on any atom is 0.132 e. The fraction of sp³-hybridized carbons (Fsp3) is 0.375. The number of nitrogens with zero attached hydrogens (tertiary/aromatic N) is 2. The Bertz CT molecular complexity index is 240. The molecule has 0 radical (unpaired) electrons. The Morgan fingerprint density at radius 3 is 3.18 bits per heavy atom. The zero-order chi connectivity index (χ0) is 8.10. The van der Waals surface area contributed by atoms with Gasteiger partial charge in [0.15, 0.2) is 0 Å². The van der Waals surface area contributed by atoms with Crippen LogP contribution >= 0.6 is 11.6 Å². The Hall–Kier alpha value is -0.760. The number of alkyl halides is 1. The molecule has 3 heteroatoms. The van der Waals surface area contributed by atoms with E-state index in [0.29, 0.717) is 5.88 Å². The van der Waals surface area contributed by atoms with Gasteiger partial charge in [-0.15, -0.1) is 11.6 Å². The van der Waals surface area contributed by atoms with Crippen molar-refractivity contribution in [2.24, 2.45) is 0 Å². The molecule has 0 spiro atoms. The van der Waals surface area contributed by atoms with Crippen molar-refractivity contribution in [1.82, 2.24) is 9.55 Å². The third-order valence-electron chi connectivity index (χ3n) is 1.44. The molecule has 0 aliphatic carbocycles. The van der Waals surface area contributed by atoms with E-state index in [9.17, 15) is 0 Å². The largest absolute Gasteiger partial charge is 0.332 e. The lowest BCUT2D eigenvalue weighted by molar-refractivity contribution is 0.752. The van der Waals surface area contributed by atoms with Gasteiger partial charge < -0.3 is 4.57 Å². The minimum atomic E-state index is 0.538. The highest BCUT2D eigenvalue weighted by Crippen LogP contribution is 1.99. The first kappa shape index (κ1) is 8.34. The van der Waals surface area contributed by atoms with E-state index >= 15 is 0 Å². The SMILES string of the molecule is CCn1ccnc1C=CCCl. The maximum absolute atomic E-state index is 5.49. The monoisotopic (exact) mass is 170 g/mol. The first-order valence-corrected chi connectivity index (χ1v) is 4.15. The first-order valence-electron chi connectivity index (χ1n) is 3.62. The molecule has 0 unspecified atom stereocenters. The summed E-state index contributed by atoms with van der Waals surface area (Å²) in [5.74, 6) is 1.50. The molecule has 1 heterocycles. The van der Waals surface area contributed by atoms with Crippen LogP contribution in [0.3, 0.4) is 0 Å². The van der Waals surface area contributed by atoms with Gasteiger partial charge in [-0.25, -0.2) is 4.98 Å². The molecule has 0 fully saturated rings. The van der Waals surface area contributed by atoms with Crippen molar-refractivity contribution in [2.75, 3.05) is 5.88 Å². The van der Waals surface area contributed by atoms with Gasteiger partial charge >= 0.3 is 0 Å². The summed E-state index contributed by atoms with van der Waals surface area (Å²) in [7, 11) is 0. The van der Waals surface area contributed by atoms with Crippen LogP contribution in [-0.4, -0.2) is 15.4 Å². The first-order chi connectivity index (χ1) is 5.38. The van der Waals surface area contributed by atoms with E-state index in [1.54, 1.807) is 6.20 Å². The molecule has 1 aromatic heterocycles. The normalized spacial score (nSPS) is 11.1. The average Bonchev–Trinajstić information content (AvgIpc) is 2.47. The predicted octanol–water partition coefficient (Wildman–Crippen LogP) is 2.16. The number of imidazole rings is 1. The summed E-state index contributed by atoms with van der Waals surface area (Å²) in [6.07, 6.45) is 7.55. The molecule has 0 saturated carbocycles. The minimum Gasteiger partial charge on any atom is -0.332 e. The highest BCUT2D eigenvalue weighted by Gasteiger charge is 1.93. The van der Waals surface area contributed by atoms with Crippen LogP contribution in [0.25, 0.3) is 6.08 Å². The van der Waals surface area contributed by atoms with Gasteiger partial charge in [0.25, 0.3) is 0 Å². The Morgan fingerprint density at radius 2 is 2.55 bits per heavy atom. The summed E-state index contributed by atoms with van der Waals surface area (Å²) in [6, 6.07) is 0. The van der Waals surface area contributed by atoms with Crippen molar-refractivity contribution in [1.29, 1.82) is 0 Å². The number of aryl methyl sites for hydroxylation is 1. The number of rotatable bonds is 3. The molecule has 0 bridgehead atoms. The summed E-state index contributed by atoms with van der Waals surface area (Å²) in [4.78, 5) is 4.14. The maximum atomic E-state index is 5.49. The molecular formula is C8H11ClN2. The third kappa shape index (κ3) is 2.09. The summed E-state index contributed by atoms with van der Waals surface area (Å²) in [5, 5.41) is 0. The molecule has 0 atom stereocenters. The van der Waals surface area contributed by atoms with Crippen LogP contribution < -0.4 is 0 Å². The van der Waals surface area contributed by atoms with Gasteiger partial charge in [0, 0.05) is 24.8 Å². The van der Waals surface area contributed by atoms with Crippen molar-refractivity contribution in [3.8, 4) is 0 Å². The van der Waals surface area contributed by atoms with Crippen molar-refractivity contribution in [3.63, 3.8) is 0 Å². The zero-order valence-electron chi connectivity index (χ0n) is 6.50. The lowest BCUT2D eigenvalue weighted by Crippen LogP contribution is -1.94. The summed E-state index contributed by atoms with van der Waals surface area (Å²) >= 11 is 5.49. The molecule has 0 amide bonds. The minimum absolute atomic E-state index is 0.538. The van der Waals surface area contributed by atoms with E-state index in [1.165, 1.54) is 0 Å². The lowest BCUT2D eigenvalue weighted by Gasteiger charge is -1.97.